The SMILES string of the molecule is CN1CCC(N2Cc3nc(Cl)ccc3C23CCOCC3)C1. The topological polar surface area (TPSA) is 28.6 Å². The zero-order valence-electron chi connectivity index (χ0n) is 12.5. The Morgan fingerprint density at radius 2 is 2.14 bits per heavy atom. The number of hydrogen-bond donors (Lipinski definition) is 0. The van der Waals surface area contributed by atoms with Crippen molar-refractivity contribution >= 4 is 11.6 Å². The van der Waals surface area contributed by atoms with Crippen molar-refractivity contribution < 1.29 is 4.74 Å². The highest BCUT2D eigenvalue weighted by Gasteiger charge is 2.50. The third-order valence-electron chi connectivity index (χ3n) is 5.44. The molecular weight excluding hydrogens is 286 g/mol. The Morgan fingerprint density at radius 3 is 2.86 bits per heavy atom. The summed E-state index contributed by atoms with van der Waals surface area (Å²) in [7, 11) is 2.22. The Labute approximate surface area is 131 Å². The summed E-state index contributed by atoms with van der Waals surface area (Å²) in [5.74, 6) is 0. The Hall–Kier alpha value is -0.680. The van der Waals surface area contributed by atoms with Gasteiger partial charge in [0.2, 0.25) is 0 Å². The van der Waals surface area contributed by atoms with Gasteiger partial charge in [-0.15, -0.1) is 0 Å². The number of aromatic nitrogens is 1. The number of pyridine rings is 1. The normalized spacial score (nSPS) is 29.1. The van der Waals surface area contributed by atoms with Gasteiger partial charge in [0.25, 0.3) is 0 Å². The van der Waals surface area contributed by atoms with E-state index in [1.807, 2.05) is 6.07 Å². The fourth-order valence-electron chi connectivity index (χ4n) is 4.40. The van der Waals surface area contributed by atoms with Crippen LogP contribution in [-0.2, 0) is 16.8 Å². The number of ether oxygens (including phenoxy) is 1. The van der Waals surface area contributed by atoms with Gasteiger partial charge in [-0.2, -0.15) is 0 Å². The molecule has 4 rings (SSSR count). The summed E-state index contributed by atoms with van der Waals surface area (Å²) < 4.78 is 5.64. The van der Waals surface area contributed by atoms with Crippen molar-refractivity contribution in [3.05, 3.63) is 28.5 Å². The van der Waals surface area contributed by atoms with Gasteiger partial charge in [0.05, 0.1) is 11.2 Å². The van der Waals surface area contributed by atoms with Crippen LogP contribution in [0.1, 0.15) is 30.5 Å². The number of likely N-dealkylation sites (tertiary alicyclic amines) is 1. The quantitative estimate of drug-likeness (QED) is 0.744. The fourth-order valence-corrected chi connectivity index (χ4v) is 4.56. The van der Waals surface area contributed by atoms with Crippen LogP contribution in [0.3, 0.4) is 0 Å². The van der Waals surface area contributed by atoms with Crippen LogP contribution < -0.4 is 0 Å². The van der Waals surface area contributed by atoms with E-state index < -0.39 is 0 Å². The number of halogens is 1. The Morgan fingerprint density at radius 1 is 1.33 bits per heavy atom. The second-order valence-corrected chi connectivity index (χ2v) is 6.99. The zero-order chi connectivity index (χ0) is 14.4. The molecule has 5 heteroatoms. The highest BCUT2D eigenvalue weighted by molar-refractivity contribution is 6.29. The molecule has 4 nitrogen and oxygen atoms in total. The number of hydrogen-bond acceptors (Lipinski definition) is 4. The Kier molecular flexibility index (Phi) is 3.45. The molecule has 0 N–H and O–H groups in total. The van der Waals surface area contributed by atoms with Gasteiger partial charge in [-0.1, -0.05) is 17.7 Å². The third kappa shape index (κ3) is 2.20. The first-order valence-electron chi connectivity index (χ1n) is 7.88. The lowest BCUT2D eigenvalue weighted by atomic mass is 9.82. The van der Waals surface area contributed by atoms with Gasteiger partial charge in [0.15, 0.2) is 0 Å². The number of nitrogens with zero attached hydrogens (tertiary/aromatic N) is 3. The molecule has 1 unspecified atom stereocenters. The van der Waals surface area contributed by atoms with Gasteiger partial charge < -0.3 is 9.64 Å². The van der Waals surface area contributed by atoms with Gasteiger partial charge >= 0.3 is 0 Å². The highest BCUT2D eigenvalue weighted by atomic mass is 35.5. The van der Waals surface area contributed by atoms with E-state index in [9.17, 15) is 0 Å². The van der Waals surface area contributed by atoms with Gasteiger partial charge in [0, 0.05) is 32.3 Å². The molecule has 4 heterocycles. The third-order valence-corrected chi connectivity index (χ3v) is 5.65. The van der Waals surface area contributed by atoms with E-state index in [0.29, 0.717) is 11.2 Å². The maximum Gasteiger partial charge on any atom is 0.129 e. The van der Waals surface area contributed by atoms with Gasteiger partial charge in [0.1, 0.15) is 5.15 Å². The minimum atomic E-state index is 0.126. The van der Waals surface area contributed by atoms with Crippen molar-refractivity contribution in [3.8, 4) is 0 Å². The highest BCUT2D eigenvalue weighted by Crippen LogP contribution is 2.47. The summed E-state index contributed by atoms with van der Waals surface area (Å²) in [6, 6.07) is 4.78. The van der Waals surface area contributed by atoms with Gasteiger partial charge in [-0.25, -0.2) is 4.98 Å². The van der Waals surface area contributed by atoms with Crippen LogP contribution in [-0.4, -0.2) is 54.2 Å². The molecule has 1 aromatic rings. The molecule has 114 valence electrons. The lowest BCUT2D eigenvalue weighted by Gasteiger charge is -2.45. The summed E-state index contributed by atoms with van der Waals surface area (Å²) in [5.41, 5.74) is 2.70. The molecule has 0 radical (unpaired) electrons. The second-order valence-electron chi connectivity index (χ2n) is 6.60. The van der Waals surface area contributed by atoms with E-state index in [0.717, 1.165) is 39.1 Å². The van der Waals surface area contributed by atoms with Crippen LogP contribution in [0.15, 0.2) is 12.1 Å². The predicted octanol–water partition coefficient (Wildman–Crippen LogP) is 2.26. The average Bonchev–Trinajstić information content (AvgIpc) is 3.02. The van der Waals surface area contributed by atoms with Crippen LogP contribution in [0.4, 0.5) is 0 Å². The van der Waals surface area contributed by atoms with Crippen LogP contribution in [0.25, 0.3) is 0 Å². The molecule has 0 aliphatic carbocycles. The van der Waals surface area contributed by atoms with Crippen molar-refractivity contribution in [2.45, 2.75) is 37.4 Å². The fraction of sp³-hybridized carbons (Fsp3) is 0.688. The first kappa shape index (κ1) is 13.9. The summed E-state index contributed by atoms with van der Waals surface area (Å²) in [5, 5.41) is 0.612. The van der Waals surface area contributed by atoms with Gasteiger partial charge in [-0.05, 0) is 44.5 Å². The summed E-state index contributed by atoms with van der Waals surface area (Å²) in [6.07, 6.45) is 3.40. The van der Waals surface area contributed by atoms with Crippen LogP contribution in [0.2, 0.25) is 5.15 Å². The predicted molar refractivity (Wildman–Crippen MR) is 82.4 cm³/mol. The molecule has 1 spiro atoms. The molecule has 21 heavy (non-hydrogen) atoms. The van der Waals surface area contributed by atoms with E-state index in [-0.39, 0.29) is 5.54 Å². The monoisotopic (exact) mass is 307 g/mol. The molecule has 0 aromatic carbocycles. The lowest BCUT2D eigenvalue weighted by Crippen LogP contribution is -2.50. The largest absolute Gasteiger partial charge is 0.381 e. The van der Waals surface area contributed by atoms with Crippen molar-refractivity contribution in [1.82, 2.24) is 14.8 Å². The smallest absolute Gasteiger partial charge is 0.129 e. The molecule has 1 atom stereocenters. The molecule has 2 fully saturated rings. The maximum absolute atomic E-state index is 6.12. The van der Waals surface area contributed by atoms with Crippen LogP contribution >= 0.6 is 11.6 Å². The minimum absolute atomic E-state index is 0.126. The van der Waals surface area contributed by atoms with Crippen LogP contribution in [0.5, 0.6) is 0 Å². The van der Waals surface area contributed by atoms with Crippen molar-refractivity contribution in [3.63, 3.8) is 0 Å². The number of fused-ring (bicyclic) bond motifs is 2. The maximum atomic E-state index is 6.12. The minimum Gasteiger partial charge on any atom is -0.381 e. The van der Waals surface area contributed by atoms with Crippen molar-refractivity contribution in [2.75, 3.05) is 33.4 Å². The average molecular weight is 308 g/mol. The van der Waals surface area contributed by atoms with E-state index in [2.05, 4.69) is 27.9 Å². The molecule has 1 aromatic heterocycles. The van der Waals surface area contributed by atoms with E-state index in [1.165, 1.54) is 24.2 Å². The zero-order valence-corrected chi connectivity index (χ0v) is 13.3. The molecule has 0 saturated carbocycles. The van der Waals surface area contributed by atoms with Crippen molar-refractivity contribution in [1.29, 1.82) is 0 Å². The Bertz CT molecular complexity index is 544. The summed E-state index contributed by atoms with van der Waals surface area (Å²) >= 11 is 6.12. The second kappa shape index (κ2) is 5.20. The Balaban J connectivity index is 1.73. The summed E-state index contributed by atoms with van der Waals surface area (Å²) in [4.78, 5) is 9.75. The van der Waals surface area contributed by atoms with E-state index >= 15 is 0 Å². The van der Waals surface area contributed by atoms with Crippen molar-refractivity contribution in [2.24, 2.45) is 0 Å². The van der Waals surface area contributed by atoms with E-state index in [4.69, 9.17) is 16.3 Å². The first-order valence-corrected chi connectivity index (χ1v) is 8.26. The first-order chi connectivity index (χ1) is 10.2. The number of rotatable bonds is 1. The molecule has 0 amide bonds. The molecule has 3 aliphatic rings. The molecule has 3 aliphatic heterocycles. The molecular formula is C16H22ClN3O. The van der Waals surface area contributed by atoms with E-state index in [1.54, 1.807) is 0 Å². The molecule has 2 saturated heterocycles. The van der Waals surface area contributed by atoms with Gasteiger partial charge in [-0.3, -0.25) is 4.90 Å². The summed E-state index contributed by atoms with van der Waals surface area (Å²) in [6.45, 7) is 4.99. The standard InChI is InChI=1S/C16H22ClN3O/c1-19-7-4-12(10-19)20-11-14-13(2-3-15(17)18-14)16(20)5-8-21-9-6-16/h2-3,12H,4-11H2,1H3. The van der Waals surface area contributed by atoms with Crippen LogP contribution in [0, 0.1) is 0 Å². The number of likely N-dealkylation sites (N-methyl/N-ethyl adjacent to an activating group) is 1. The lowest BCUT2D eigenvalue weighted by molar-refractivity contribution is -0.0425. The molecule has 0 bridgehead atoms.